The average molecular weight is 580 g/mol. The lowest BCUT2D eigenvalue weighted by atomic mass is 9.32. The van der Waals surface area contributed by atoms with Crippen molar-refractivity contribution in [3.8, 4) is 0 Å². The van der Waals surface area contributed by atoms with Gasteiger partial charge in [0.1, 0.15) is 11.2 Å². The molecule has 2 saturated carbocycles. The third-order valence-corrected chi connectivity index (χ3v) is 12.4. The molecular weight excluding hydrogens is 538 g/mol. The standard InChI is InChI=1S/C37H41NO5/c1-2-9-28-35-19-5-6-20-36(35,37(28)27-13-7-10-23(11-8-21-38)29(27)32(40)43-37)31(42-33(35)41)30(39)24-14-15-26-17-16-25-12-3-4-18-34(25,26)22-24/h3-5,7,10,12-15,18-19,24-26,28,39H,2,6,8-9,11,16-17,20-22,38H2,1H3/b31-30+/t24-,25+,26-,28-,34+,35-,36+,37+/m0/s1. The molecule has 0 bridgehead atoms. The van der Waals surface area contributed by atoms with Crippen LogP contribution in [0, 0.1) is 39.9 Å². The smallest absolute Gasteiger partial charge is 0.339 e. The summed E-state index contributed by atoms with van der Waals surface area (Å²) in [5, 5.41) is 12.3. The first-order chi connectivity index (χ1) is 20.9. The largest absolute Gasteiger partial charge is 0.508 e. The zero-order chi connectivity index (χ0) is 29.6. The summed E-state index contributed by atoms with van der Waals surface area (Å²) in [6.45, 7) is 2.64. The van der Waals surface area contributed by atoms with E-state index in [9.17, 15) is 14.7 Å². The lowest BCUT2D eigenvalue weighted by Gasteiger charge is -2.68. The number of aryl methyl sites for hydroxylation is 1. The minimum atomic E-state index is -1.09. The summed E-state index contributed by atoms with van der Waals surface area (Å²) in [6.07, 6.45) is 24.7. The van der Waals surface area contributed by atoms with Crippen LogP contribution in [0.3, 0.4) is 0 Å². The van der Waals surface area contributed by atoms with E-state index in [2.05, 4.69) is 49.5 Å². The Bertz CT molecular complexity index is 1570. The van der Waals surface area contributed by atoms with Gasteiger partial charge < -0.3 is 20.3 Å². The third-order valence-electron chi connectivity index (χ3n) is 12.4. The normalized spacial score (nSPS) is 42.1. The van der Waals surface area contributed by atoms with Crippen molar-refractivity contribution in [3.63, 3.8) is 0 Å². The molecule has 0 unspecified atom stereocenters. The second-order valence-electron chi connectivity index (χ2n) is 13.9. The second kappa shape index (κ2) is 9.31. The van der Waals surface area contributed by atoms with Crippen molar-refractivity contribution in [2.24, 2.45) is 45.7 Å². The van der Waals surface area contributed by atoms with Crippen LogP contribution in [0.25, 0.3) is 0 Å². The van der Waals surface area contributed by atoms with E-state index in [1.165, 1.54) is 0 Å². The number of allylic oxidation sites excluding steroid dienone is 7. The molecule has 224 valence electrons. The highest BCUT2D eigenvalue weighted by Crippen LogP contribution is 2.84. The summed E-state index contributed by atoms with van der Waals surface area (Å²) in [5.41, 5.74) is 5.13. The van der Waals surface area contributed by atoms with E-state index in [1.807, 2.05) is 24.3 Å². The van der Waals surface area contributed by atoms with Crippen molar-refractivity contribution in [2.45, 2.75) is 70.3 Å². The molecule has 2 heterocycles. The summed E-state index contributed by atoms with van der Waals surface area (Å²) in [4.78, 5) is 28.1. The summed E-state index contributed by atoms with van der Waals surface area (Å²) >= 11 is 0. The monoisotopic (exact) mass is 579 g/mol. The zero-order valence-corrected chi connectivity index (χ0v) is 24.9. The van der Waals surface area contributed by atoms with Crippen LogP contribution in [0.5, 0.6) is 0 Å². The summed E-state index contributed by atoms with van der Waals surface area (Å²) in [7, 11) is 0. The number of benzene rings is 1. The van der Waals surface area contributed by atoms with Crippen LogP contribution in [0.1, 0.15) is 79.8 Å². The van der Waals surface area contributed by atoms with Gasteiger partial charge in [-0.2, -0.15) is 0 Å². The van der Waals surface area contributed by atoms with Gasteiger partial charge in [0.15, 0.2) is 11.4 Å². The van der Waals surface area contributed by atoms with Crippen molar-refractivity contribution < 1.29 is 24.2 Å². The highest BCUT2D eigenvalue weighted by atomic mass is 16.6. The maximum Gasteiger partial charge on any atom is 0.339 e. The topological polar surface area (TPSA) is 98.9 Å². The molecule has 6 nitrogen and oxygen atoms in total. The van der Waals surface area contributed by atoms with Crippen LogP contribution < -0.4 is 5.73 Å². The third kappa shape index (κ3) is 3.04. The molecule has 3 fully saturated rings. The number of carbonyl (C=O) groups is 2. The molecule has 3 N–H and O–H groups in total. The lowest BCUT2D eigenvalue weighted by molar-refractivity contribution is -0.271. The first kappa shape index (κ1) is 27.2. The SMILES string of the molecule is CCC[C@@H]1[C@@]2(OC(=O)c3c(CCCN)cccc32)[C@@]23CCC=C[C@@]12C(=O)O/C3=C(/O)[C@H]1C=C[C@H]2CC[C@H]3C=CC=C[C@@]32C1. The van der Waals surface area contributed by atoms with Gasteiger partial charge in [-0.15, -0.1) is 0 Å². The Morgan fingerprint density at radius 2 is 1.93 bits per heavy atom. The van der Waals surface area contributed by atoms with E-state index in [0.29, 0.717) is 55.4 Å². The molecule has 1 saturated heterocycles. The lowest BCUT2D eigenvalue weighted by Crippen LogP contribution is -2.75. The quantitative estimate of drug-likeness (QED) is 0.220. The van der Waals surface area contributed by atoms with Gasteiger partial charge in [-0.1, -0.05) is 80.2 Å². The Kier molecular flexibility index (Phi) is 5.89. The van der Waals surface area contributed by atoms with E-state index in [-0.39, 0.29) is 34.9 Å². The number of fused-ring (bicyclic) bond motifs is 2. The van der Waals surface area contributed by atoms with E-state index in [0.717, 1.165) is 43.2 Å². The van der Waals surface area contributed by atoms with Crippen LogP contribution in [-0.2, 0) is 26.3 Å². The Labute approximate surface area is 253 Å². The molecule has 0 aromatic heterocycles. The zero-order valence-electron chi connectivity index (χ0n) is 24.9. The first-order valence-electron chi connectivity index (χ1n) is 16.3. The number of carbonyl (C=O) groups excluding carboxylic acids is 2. The molecule has 2 aliphatic heterocycles. The van der Waals surface area contributed by atoms with Crippen LogP contribution in [0.15, 0.2) is 78.3 Å². The van der Waals surface area contributed by atoms with E-state index in [4.69, 9.17) is 15.2 Å². The molecule has 0 radical (unpaired) electrons. The fourth-order valence-electron chi connectivity index (χ4n) is 10.8. The van der Waals surface area contributed by atoms with E-state index < -0.39 is 16.4 Å². The molecule has 43 heavy (non-hydrogen) atoms. The minimum absolute atomic E-state index is 0.0428. The minimum Gasteiger partial charge on any atom is -0.508 e. The van der Waals surface area contributed by atoms with Gasteiger partial charge >= 0.3 is 11.9 Å². The highest BCUT2D eigenvalue weighted by molar-refractivity contribution is 5.99. The fraction of sp³-hybridized carbons (Fsp3) is 0.514. The number of hydrogen-bond donors (Lipinski definition) is 2. The van der Waals surface area contributed by atoms with Crippen molar-refractivity contribution >= 4 is 11.9 Å². The van der Waals surface area contributed by atoms with E-state index in [1.54, 1.807) is 0 Å². The van der Waals surface area contributed by atoms with Crippen molar-refractivity contribution in [2.75, 3.05) is 6.54 Å². The molecule has 2 spiro atoms. The predicted octanol–water partition coefficient (Wildman–Crippen LogP) is 6.74. The fourth-order valence-corrected chi connectivity index (χ4v) is 10.8. The van der Waals surface area contributed by atoms with Gasteiger partial charge in [-0.3, -0.25) is 4.79 Å². The van der Waals surface area contributed by atoms with Crippen molar-refractivity contribution in [1.82, 2.24) is 0 Å². The highest BCUT2D eigenvalue weighted by Gasteiger charge is 2.91. The van der Waals surface area contributed by atoms with Gasteiger partial charge in [0.2, 0.25) is 0 Å². The van der Waals surface area contributed by atoms with Crippen molar-refractivity contribution in [3.05, 3.63) is 95.0 Å². The predicted molar refractivity (Wildman–Crippen MR) is 162 cm³/mol. The van der Waals surface area contributed by atoms with Gasteiger partial charge in [0, 0.05) is 22.8 Å². The number of aliphatic hydroxyl groups is 1. The number of rotatable bonds is 6. The Morgan fingerprint density at radius 1 is 1.09 bits per heavy atom. The average Bonchev–Trinajstić information content (AvgIpc) is 3.65. The number of aliphatic hydroxyl groups excluding tert-OH is 1. The summed E-state index contributed by atoms with van der Waals surface area (Å²) in [5.74, 6) is 0.0867. The number of cyclic esters (lactones) is 1. The Morgan fingerprint density at radius 3 is 2.74 bits per heavy atom. The Hall–Kier alpha value is -3.38. The second-order valence-corrected chi connectivity index (χ2v) is 13.9. The van der Waals surface area contributed by atoms with Crippen LogP contribution >= 0.6 is 0 Å². The molecule has 8 atom stereocenters. The number of ether oxygens (including phenoxy) is 2. The number of nitrogens with two attached hydrogens (primary N) is 1. The molecule has 5 aliphatic carbocycles. The van der Waals surface area contributed by atoms with Gasteiger partial charge in [-0.25, -0.2) is 4.79 Å². The van der Waals surface area contributed by atoms with Gasteiger partial charge in [-0.05, 0) is 75.3 Å². The Balaban J connectivity index is 1.32. The number of hydrogen-bond acceptors (Lipinski definition) is 6. The van der Waals surface area contributed by atoms with Gasteiger partial charge in [0.05, 0.1) is 11.0 Å². The first-order valence-corrected chi connectivity index (χ1v) is 16.3. The maximum atomic E-state index is 14.2. The van der Waals surface area contributed by atoms with Crippen LogP contribution in [-0.4, -0.2) is 23.6 Å². The molecule has 1 aromatic carbocycles. The molecule has 0 amide bonds. The van der Waals surface area contributed by atoms with Gasteiger partial charge in [0.25, 0.3) is 0 Å². The van der Waals surface area contributed by atoms with Crippen molar-refractivity contribution in [1.29, 1.82) is 0 Å². The number of esters is 2. The van der Waals surface area contributed by atoms with Crippen LogP contribution in [0.4, 0.5) is 0 Å². The van der Waals surface area contributed by atoms with E-state index >= 15 is 0 Å². The molecule has 6 heteroatoms. The van der Waals surface area contributed by atoms with Crippen LogP contribution in [0.2, 0.25) is 0 Å². The molecular formula is C37H41NO5. The summed E-state index contributed by atoms with van der Waals surface area (Å²) in [6, 6.07) is 6.00. The summed E-state index contributed by atoms with van der Waals surface area (Å²) < 4.78 is 13.0. The molecule has 7 aliphatic rings. The molecule has 8 rings (SSSR count). The maximum absolute atomic E-state index is 14.2. The molecule has 1 aromatic rings.